The molecule has 0 aromatic carbocycles. The number of halogens is 1. The third kappa shape index (κ3) is 3.91. The normalized spacial score (nSPS) is 18.7. The van der Waals surface area contributed by atoms with Crippen molar-refractivity contribution in [3.05, 3.63) is 23.0 Å². The van der Waals surface area contributed by atoms with Gasteiger partial charge in [0.15, 0.2) is 10.8 Å². The summed E-state index contributed by atoms with van der Waals surface area (Å²) in [6.45, 7) is 5.91. The van der Waals surface area contributed by atoms with Crippen LogP contribution >= 0.6 is 11.6 Å². The molecule has 114 valence electrons. The van der Waals surface area contributed by atoms with Gasteiger partial charge in [0.05, 0.1) is 0 Å². The molecule has 2 heterocycles. The molecule has 0 saturated carbocycles. The zero-order valence-electron chi connectivity index (χ0n) is 12.3. The van der Waals surface area contributed by atoms with Gasteiger partial charge < -0.3 is 9.64 Å². The lowest BCUT2D eigenvalue weighted by Crippen LogP contribution is -2.43. The molecule has 0 unspecified atom stereocenters. The van der Waals surface area contributed by atoms with Crippen molar-refractivity contribution in [3.63, 3.8) is 0 Å². The summed E-state index contributed by atoms with van der Waals surface area (Å²) in [6.07, 6.45) is 1.36. The second kappa shape index (κ2) is 5.97. The van der Waals surface area contributed by atoms with Crippen LogP contribution in [0.3, 0.4) is 0 Å². The smallest absolute Gasteiger partial charge is 0.329 e. The number of aromatic nitrogens is 2. The fraction of sp³-hybridized carbons (Fsp3) is 0.571. The Morgan fingerprint density at radius 3 is 2.62 bits per heavy atom. The molecule has 1 aliphatic heterocycles. The molecular formula is C14H18ClN3O3. The maximum Gasteiger partial charge on any atom is 0.329 e. The molecule has 1 aromatic heterocycles. The average Bonchev–Trinajstić information content (AvgIpc) is 2.86. The maximum absolute atomic E-state index is 12.4. The van der Waals surface area contributed by atoms with E-state index in [2.05, 4.69) is 10.2 Å². The number of hydrogen-bond donors (Lipinski definition) is 0. The van der Waals surface area contributed by atoms with E-state index in [4.69, 9.17) is 16.3 Å². The first-order valence-electron chi connectivity index (χ1n) is 6.81. The number of nitrogens with zero attached hydrogens (tertiary/aromatic N) is 3. The summed E-state index contributed by atoms with van der Waals surface area (Å²) in [7, 11) is 0. The van der Waals surface area contributed by atoms with Crippen LogP contribution in [0.25, 0.3) is 0 Å². The lowest BCUT2D eigenvalue weighted by atomic mass is 10.1. The highest BCUT2D eigenvalue weighted by Gasteiger charge is 2.37. The Balaban J connectivity index is 2.13. The fourth-order valence-corrected chi connectivity index (χ4v) is 2.30. The number of esters is 1. The third-order valence-electron chi connectivity index (χ3n) is 3.04. The van der Waals surface area contributed by atoms with Gasteiger partial charge in [-0.2, -0.15) is 0 Å². The van der Waals surface area contributed by atoms with Crippen LogP contribution in [0.15, 0.2) is 12.1 Å². The van der Waals surface area contributed by atoms with Crippen LogP contribution in [0.4, 0.5) is 0 Å². The van der Waals surface area contributed by atoms with E-state index < -0.39 is 11.6 Å². The van der Waals surface area contributed by atoms with Crippen molar-refractivity contribution in [2.45, 2.75) is 45.3 Å². The van der Waals surface area contributed by atoms with Gasteiger partial charge in [-0.1, -0.05) is 11.6 Å². The van der Waals surface area contributed by atoms with Gasteiger partial charge in [-0.25, -0.2) is 4.79 Å². The molecule has 1 amide bonds. The molecule has 1 aromatic rings. The number of hydrogen-bond acceptors (Lipinski definition) is 5. The van der Waals surface area contributed by atoms with Gasteiger partial charge in [0.25, 0.3) is 5.91 Å². The number of carbonyl (C=O) groups excluding carboxylic acids is 2. The van der Waals surface area contributed by atoms with Crippen LogP contribution in [0.5, 0.6) is 0 Å². The molecule has 0 spiro atoms. The summed E-state index contributed by atoms with van der Waals surface area (Å²) < 4.78 is 5.37. The molecule has 1 saturated heterocycles. The van der Waals surface area contributed by atoms with Crippen molar-refractivity contribution in [2.24, 2.45) is 0 Å². The van der Waals surface area contributed by atoms with E-state index in [0.29, 0.717) is 13.0 Å². The molecule has 21 heavy (non-hydrogen) atoms. The van der Waals surface area contributed by atoms with Crippen LogP contribution < -0.4 is 0 Å². The highest BCUT2D eigenvalue weighted by molar-refractivity contribution is 6.29. The number of rotatable bonds is 2. The summed E-state index contributed by atoms with van der Waals surface area (Å²) in [4.78, 5) is 26.1. The summed E-state index contributed by atoms with van der Waals surface area (Å²) >= 11 is 5.66. The van der Waals surface area contributed by atoms with E-state index >= 15 is 0 Å². The first kappa shape index (κ1) is 15.7. The van der Waals surface area contributed by atoms with Crippen LogP contribution in [-0.2, 0) is 9.53 Å². The van der Waals surface area contributed by atoms with Gasteiger partial charge >= 0.3 is 5.97 Å². The van der Waals surface area contributed by atoms with Crippen molar-refractivity contribution in [1.29, 1.82) is 0 Å². The van der Waals surface area contributed by atoms with Crippen LogP contribution in [0, 0.1) is 0 Å². The number of carbonyl (C=O) groups is 2. The maximum atomic E-state index is 12.4. The van der Waals surface area contributed by atoms with Crippen molar-refractivity contribution in [1.82, 2.24) is 15.1 Å². The van der Waals surface area contributed by atoms with Gasteiger partial charge in [-0.15, -0.1) is 10.2 Å². The summed E-state index contributed by atoms with van der Waals surface area (Å²) in [5.74, 6) is -0.706. The molecule has 0 bridgehead atoms. The highest BCUT2D eigenvalue weighted by atomic mass is 35.5. The number of amides is 1. The van der Waals surface area contributed by atoms with Gasteiger partial charge in [-0.05, 0) is 45.7 Å². The Bertz CT molecular complexity index is 539. The van der Waals surface area contributed by atoms with Crippen molar-refractivity contribution >= 4 is 23.5 Å². The third-order valence-corrected chi connectivity index (χ3v) is 3.25. The summed E-state index contributed by atoms with van der Waals surface area (Å²) in [5.41, 5.74) is -0.399. The van der Waals surface area contributed by atoms with E-state index in [1.807, 2.05) is 0 Å². The quantitative estimate of drug-likeness (QED) is 0.782. The minimum absolute atomic E-state index is 0.176. The van der Waals surface area contributed by atoms with Crippen molar-refractivity contribution < 1.29 is 14.3 Å². The molecule has 6 nitrogen and oxygen atoms in total. The SMILES string of the molecule is CC(C)(C)OC(=O)[C@H]1CCCN1C(=O)c1ccc(Cl)nn1. The van der Waals surface area contributed by atoms with Crippen molar-refractivity contribution in [3.8, 4) is 0 Å². The van der Waals surface area contributed by atoms with Gasteiger partial charge in [0, 0.05) is 6.54 Å². The Labute approximate surface area is 128 Å². The molecular weight excluding hydrogens is 294 g/mol. The van der Waals surface area contributed by atoms with E-state index in [-0.39, 0.29) is 22.7 Å². The van der Waals surface area contributed by atoms with Crippen LogP contribution in [0.2, 0.25) is 5.15 Å². The molecule has 1 fully saturated rings. The van der Waals surface area contributed by atoms with Gasteiger partial charge in [0.1, 0.15) is 11.6 Å². The standard InChI is InChI=1S/C14H18ClN3O3/c1-14(2,3)21-13(20)10-5-4-8-18(10)12(19)9-6-7-11(15)17-16-9/h6-7,10H,4-5,8H2,1-3H3/t10-/m1/s1. The van der Waals surface area contributed by atoms with Gasteiger partial charge in [0.2, 0.25) is 0 Å². The van der Waals surface area contributed by atoms with E-state index in [0.717, 1.165) is 6.42 Å². The monoisotopic (exact) mass is 311 g/mol. The largest absolute Gasteiger partial charge is 0.458 e. The Morgan fingerprint density at radius 1 is 1.33 bits per heavy atom. The zero-order valence-corrected chi connectivity index (χ0v) is 13.1. The molecule has 0 radical (unpaired) electrons. The summed E-state index contributed by atoms with van der Waals surface area (Å²) in [6, 6.07) is 2.44. The second-order valence-electron chi connectivity index (χ2n) is 5.93. The molecule has 7 heteroatoms. The first-order valence-corrected chi connectivity index (χ1v) is 7.19. The predicted octanol–water partition coefficient (Wildman–Crippen LogP) is 2.08. The summed E-state index contributed by atoms with van der Waals surface area (Å²) in [5, 5.41) is 7.64. The fourth-order valence-electron chi connectivity index (χ4n) is 2.20. The molecule has 0 aliphatic carbocycles. The van der Waals surface area contributed by atoms with E-state index in [9.17, 15) is 9.59 Å². The molecule has 2 rings (SSSR count). The molecule has 1 aliphatic rings. The Morgan fingerprint density at radius 2 is 2.05 bits per heavy atom. The van der Waals surface area contributed by atoms with Crippen LogP contribution in [0.1, 0.15) is 44.1 Å². The highest BCUT2D eigenvalue weighted by Crippen LogP contribution is 2.22. The van der Waals surface area contributed by atoms with Crippen LogP contribution in [-0.4, -0.2) is 45.2 Å². The van der Waals surface area contributed by atoms with E-state index in [1.165, 1.54) is 17.0 Å². The number of likely N-dealkylation sites (tertiary alicyclic amines) is 1. The zero-order chi connectivity index (χ0) is 15.6. The van der Waals surface area contributed by atoms with Crippen molar-refractivity contribution in [2.75, 3.05) is 6.54 Å². The average molecular weight is 312 g/mol. The minimum atomic E-state index is -0.575. The number of ether oxygens (including phenoxy) is 1. The van der Waals surface area contributed by atoms with Gasteiger partial charge in [-0.3, -0.25) is 4.79 Å². The Kier molecular flexibility index (Phi) is 4.46. The lowest BCUT2D eigenvalue weighted by Gasteiger charge is -2.27. The molecule has 1 atom stereocenters. The molecule has 0 N–H and O–H groups in total. The predicted molar refractivity (Wildman–Crippen MR) is 76.9 cm³/mol. The lowest BCUT2D eigenvalue weighted by molar-refractivity contribution is -0.159. The minimum Gasteiger partial charge on any atom is -0.458 e. The van der Waals surface area contributed by atoms with E-state index in [1.54, 1.807) is 20.8 Å². The Hall–Kier alpha value is -1.69. The topological polar surface area (TPSA) is 72.4 Å². The second-order valence-corrected chi connectivity index (χ2v) is 6.32. The first-order chi connectivity index (χ1) is 9.78.